The molecular weight excluding hydrogens is 306 g/mol. The fourth-order valence-electron chi connectivity index (χ4n) is 3.60. The van der Waals surface area contributed by atoms with Crippen LogP contribution in [0, 0.1) is 5.92 Å². The largest absolute Gasteiger partial charge is 0.353 e. The van der Waals surface area contributed by atoms with Crippen LogP contribution >= 0.6 is 0 Å². The van der Waals surface area contributed by atoms with Crippen LogP contribution in [0.2, 0.25) is 0 Å². The molecule has 0 bridgehead atoms. The van der Waals surface area contributed by atoms with Crippen LogP contribution in [0.4, 0.5) is 5.82 Å². The van der Waals surface area contributed by atoms with Crippen molar-refractivity contribution in [3.8, 4) is 0 Å². The third-order valence-corrected chi connectivity index (χ3v) is 5.97. The van der Waals surface area contributed by atoms with Gasteiger partial charge >= 0.3 is 10.3 Å². The zero-order chi connectivity index (χ0) is 15.5. The number of anilines is 1. The molecule has 1 aliphatic heterocycles. The van der Waals surface area contributed by atoms with Crippen molar-refractivity contribution in [2.75, 3.05) is 24.5 Å². The van der Waals surface area contributed by atoms with Crippen LogP contribution < -0.4 is 4.90 Å². The first-order chi connectivity index (χ1) is 10.4. The summed E-state index contributed by atoms with van der Waals surface area (Å²) in [6, 6.07) is 1.92. The van der Waals surface area contributed by atoms with E-state index in [4.69, 9.17) is 0 Å². The number of hydrogen-bond donors (Lipinski definition) is 2. The highest BCUT2D eigenvalue weighted by molar-refractivity contribution is 7.83. The van der Waals surface area contributed by atoms with Crippen molar-refractivity contribution in [3.05, 3.63) is 18.6 Å². The van der Waals surface area contributed by atoms with Gasteiger partial charge in [0, 0.05) is 25.8 Å². The summed E-state index contributed by atoms with van der Waals surface area (Å²) in [7, 11) is -4.17. The summed E-state index contributed by atoms with van der Waals surface area (Å²) in [5.41, 5.74) is 0.250. The van der Waals surface area contributed by atoms with Gasteiger partial charge in [-0.3, -0.25) is 4.55 Å². The Bertz CT molecular complexity index is 835. The van der Waals surface area contributed by atoms with Gasteiger partial charge in [-0.2, -0.15) is 12.7 Å². The molecule has 1 aliphatic carbocycles. The Morgan fingerprint density at radius 3 is 2.86 bits per heavy atom. The maximum Gasteiger partial charge on any atom is 0.336 e. The van der Waals surface area contributed by atoms with E-state index in [1.54, 1.807) is 0 Å². The lowest BCUT2D eigenvalue weighted by Gasteiger charge is -2.41. The van der Waals surface area contributed by atoms with E-state index >= 15 is 0 Å². The van der Waals surface area contributed by atoms with Gasteiger partial charge in [-0.15, -0.1) is 0 Å². The van der Waals surface area contributed by atoms with E-state index in [9.17, 15) is 13.0 Å². The lowest BCUT2D eigenvalue weighted by molar-refractivity contribution is 0.231. The number of nitrogens with zero attached hydrogens (tertiary/aromatic N) is 4. The number of nitrogens with one attached hydrogen (secondary N) is 1. The molecular formula is C13H17N5O3S. The lowest BCUT2D eigenvalue weighted by Crippen LogP contribution is -2.58. The van der Waals surface area contributed by atoms with Gasteiger partial charge in [-0.1, -0.05) is 6.92 Å². The third-order valence-electron chi connectivity index (χ3n) is 4.86. The van der Waals surface area contributed by atoms with Crippen molar-refractivity contribution >= 4 is 27.2 Å². The van der Waals surface area contributed by atoms with Gasteiger partial charge in [0.1, 0.15) is 17.8 Å². The summed E-state index contributed by atoms with van der Waals surface area (Å²) in [5, 5.41) is 0.922. The zero-order valence-electron chi connectivity index (χ0n) is 12.1. The molecule has 2 aromatic heterocycles. The molecule has 1 spiro atoms. The minimum atomic E-state index is -4.17. The molecule has 2 atom stereocenters. The Kier molecular flexibility index (Phi) is 2.78. The van der Waals surface area contributed by atoms with Gasteiger partial charge in [0.25, 0.3) is 0 Å². The molecule has 2 aromatic rings. The van der Waals surface area contributed by atoms with Crippen molar-refractivity contribution in [1.29, 1.82) is 0 Å². The number of aromatic nitrogens is 3. The molecule has 22 heavy (non-hydrogen) atoms. The number of aromatic amines is 1. The van der Waals surface area contributed by atoms with Crippen LogP contribution in [-0.2, 0) is 10.3 Å². The second-order valence-electron chi connectivity index (χ2n) is 6.12. The summed E-state index contributed by atoms with van der Waals surface area (Å²) in [6.45, 7) is 3.30. The fraction of sp³-hybridized carbons (Fsp3) is 0.538. The van der Waals surface area contributed by atoms with E-state index in [1.807, 2.05) is 19.2 Å². The Morgan fingerprint density at radius 1 is 1.41 bits per heavy atom. The Hall–Kier alpha value is -1.71. The van der Waals surface area contributed by atoms with Crippen LogP contribution in [0.15, 0.2) is 18.6 Å². The second kappa shape index (κ2) is 4.40. The molecule has 2 N–H and O–H groups in total. The van der Waals surface area contributed by atoms with Crippen LogP contribution in [0.3, 0.4) is 0 Å². The minimum Gasteiger partial charge on any atom is -0.353 e. The average molecular weight is 323 g/mol. The van der Waals surface area contributed by atoms with Crippen LogP contribution in [0.1, 0.15) is 13.3 Å². The van der Waals surface area contributed by atoms with Crippen LogP contribution in [0.25, 0.3) is 11.0 Å². The van der Waals surface area contributed by atoms with Gasteiger partial charge < -0.3 is 9.88 Å². The number of piperazine rings is 1. The first-order valence-electron chi connectivity index (χ1n) is 7.20. The maximum atomic E-state index is 11.6. The molecule has 0 aromatic carbocycles. The summed E-state index contributed by atoms with van der Waals surface area (Å²) < 4.78 is 34.0. The number of rotatable bonds is 2. The normalized spacial score (nSPS) is 29.4. The highest BCUT2D eigenvalue weighted by Crippen LogP contribution is 2.51. The molecule has 9 heteroatoms. The number of fused-ring (bicyclic) bond motifs is 1. The molecule has 8 nitrogen and oxygen atoms in total. The fourth-order valence-corrected chi connectivity index (χ4v) is 4.68. The van der Waals surface area contributed by atoms with E-state index in [0.717, 1.165) is 23.3 Å². The van der Waals surface area contributed by atoms with Gasteiger partial charge in [-0.05, 0) is 18.4 Å². The van der Waals surface area contributed by atoms with Crippen molar-refractivity contribution < 1.29 is 13.0 Å². The lowest BCUT2D eigenvalue weighted by atomic mass is 10.1. The topological polar surface area (TPSA) is 102 Å². The number of hydrogen-bond acceptors (Lipinski definition) is 5. The smallest absolute Gasteiger partial charge is 0.336 e. The molecule has 2 unspecified atom stereocenters. The quantitative estimate of drug-likeness (QED) is 0.787. The second-order valence-corrected chi connectivity index (χ2v) is 7.45. The molecule has 3 heterocycles. The molecule has 0 radical (unpaired) electrons. The van der Waals surface area contributed by atoms with Crippen LogP contribution in [-0.4, -0.2) is 57.4 Å². The maximum absolute atomic E-state index is 11.6. The van der Waals surface area contributed by atoms with Gasteiger partial charge in [0.05, 0.1) is 10.9 Å². The van der Waals surface area contributed by atoms with Gasteiger partial charge in [0.2, 0.25) is 0 Å². The summed E-state index contributed by atoms with van der Waals surface area (Å²) in [5.74, 6) is 1.03. The van der Waals surface area contributed by atoms with Crippen molar-refractivity contribution in [3.63, 3.8) is 0 Å². The predicted molar refractivity (Wildman–Crippen MR) is 80.9 cm³/mol. The first-order valence-corrected chi connectivity index (χ1v) is 8.60. The van der Waals surface area contributed by atoms with Crippen molar-refractivity contribution in [2.24, 2.45) is 5.92 Å². The summed E-state index contributed by atoms with van der Waals surface area (Å²) in [4.78, 5) is 13.7. The molecule has 1 saturated heterocycles. The molecule has 2 aliphatic rings. The molecule has 1 saturated carbocycles. The van der Waals surface area contributed by atoms with E-state index in [0.29, 0.717) is 13.1 Å². The summed E-state index contributed by atoms with van der Waals surface area (Å²) >= 11 is 0. The molecule has 0 amide bonds. The number of H-pyrrole nitrogens is 1. The Morgan fingerprint density at radius 2 is 2.18 bits per heavy atom. The van der Waals surface area contributed by atoms with Gasteiger partial charge in [0.15, 0.2) is 0 Å². The highest BCUT2D eigenvalue weighted by Gasteiger charge is 2.61. The van der Waals surface area contributed by atoms with Gasteiger partial charge in [-0.25, -0.2) is 9.97 Å². The molecule has 118 valence electrons. The van der Waals surface area contributed by atoms with E-state index in [2.05, 4.69) is 19.9 Å². The SMILES string of the molecule is CC1CC12CN(c1ncnc3[nH]ccc13)CCN2S(=O)(=O)O. The first kappa shape index (κ1) is 13.9. The minimum absolute atomic E-state index is 0.223. The molecule has 4 rings (SSSR count). The predicted octanol–water partition coefficient (Wildman–Crippen LogP) is 0.661. The van der Waals surface area contributed by atoms with Crippen molar-refractivity contribution in [1.82, 2.24) is 19.3 Å². The zero-order valence-corrected chi connectivity index (χ0v) is 12.9. The average Bonchev–Trinajstić information content (AvgIpc) is 2.89. The molecule has 2 fully saturated rings. The van der Waals surface area contributed by atoms with E-state index in [1.165, 1.54) is 10.6 Å². The van der Waals surface area contributed by atoms with E-state index < -0.39 is 15.8 Å². The highest BCUT2D eigenvalue weighted by atomic mass is 32.2. The van der Waals surface area contributed by atoms with E-state index in [-0.39, 0.29) is 12.5 Å². The third kappa shape index (κ3) is 1.93. The monoisotopic (exact) mass is 323 g/mol. The summed E-state index contributed by atoms with van der Waals surface area (Å²) in [6.07, 6.45) is 4.07. The van der Waals surface area contributed by atoms with Crippen LogP contribution in [0.5, 0.6) is 0 Å². The van der Waals surface area contributed by atoms with Crippen molar-refractivity contribution in [2.45, 2.75) is 18.9 Å². The Labute approximate surface area is 128 Å². The standard InChI is InChI=1S/C13H17N5O3S/c1-9-6-13(9)7-17(4-5-18(13)22(19,20)21)12-10-2-3-14-11(10)15-8-16-12/h2-3,8-9H,4-7H2,1H3,(H,14,15,16)(H,19,20,21). The Balaban J connectivity index is 1.71.